The Hall–Kier alpha value is -2.43. The number of nitrogens with zero attached hydrogens (tertiary/aromatic N) is 2. The lowest BCUT2D eigenvalue weighted by molar-refractivity contribution is -0.608. The Morgan fingerprint density at radius 2 is 2.00 bits per heavy atom. The van der Waals surface area contributed by atoms with E-state index in [1.54, 1.807) is 35.2 Å². The number of rotatable bonds is 3. The topological polar surface area (TPSA) is 47.2 Å². The number of amides is 1. The van der Waals surface area contributed by atoms with Crippen LogP contribution in [0, 0.1) is 16.9 Å². The molecule has 5 heteroatoms. The Kier molecular flexibility index (Phi) is 4.55. The van der Waals surface area contributed by atoms with Gasteiger partial charge in [-0.15, -0.1) is 0 Å². The first-order valence-corrected chi connectivity index (χ1v) is 7.85. The van der Waals surface area contributed by atoms with Crippen molar-refractivity contribution in [1.29, 1.82) is 0 Å². The third-order valence-corrected chi connectivity index (χ3v) is 4.36. The van der Waals surface area contributed by atoms with Gasteiger partial charge in [0.05, 0.1) is 0 Å². The number of likely N-dealkylation sites (tertiary alicyclic amines) is 1. The highest BCUT2D eigenvalue weighted by atomic mass is 19.1. The second-order valence-electron chi connectivity index (χ2n) is 5.98. The number of pyridine rings is 1. The summed E-state index contributed by atoms with van der Waals surface area (Å²) in [4.78, 5) is 14.1. The lowest BCUT2D eigenvalue weighted by Crippen LogP contribution is -2.44. The summed E-state index contributed by atoms with van der Waals surface area (Å²) in [5.41, 5.74) is 1.16. The van der Waals surface area contributed by atoms with E-state index >= 15 is 0 Å². The summed E-state index contributed by atoms with van der Waals surface area (Å²) >= 11 is 0. The number of carbonyl (C=O) groups excluding carboxylic acids is 1. The van der Waals surface area contributed by atoms with Crippen LogP contribution in [0.15, 0.2) is 48.7 Å². The van der Waals surface area contributed by atoms with E-state index in [0.29, 0.717) is 23.7 Å². The summed E-state index contributed by atoms with van der Waals surface area (Å²) in [7, 11) is 0. The largest absolute Gasteiger partial charge is 0.618 e. The minimum Gasteiger partial charge on any atom is -0.618 e. The van der Waals surface area contributed by atoms with Crippen LogP contribution in [0.4, 0.5) is 4.39 Å². The SMILES string of the molecule is O=C(c1cccc[n+]1[O-])N1CCC(Cc2cccc(F)c2)CC1. The molecule has 0 aliphatic carbocycles. The molecular weight excluding hydrogens is 295 g/mol. The average molecular weight is 314 g/mol. The zero-order valence-corrected chi connectivity index (χ0v) is 12.8. The van der Waals surface area contributed by atoms with Crippen LogP contribution in [0.25, 0.3) is 0 Å². The van der Waals surface area contributed by atoms with Gasteiger partial charge in [-0.1, -0.05) is 12.1 Å². The third kappa shape index (κ3) is 3.67. The fraction of sp³-hybridized carbons (Fsp3) is 0.333. The molecule has 0 atom stereocenters. The van der Waals surface area contributed by atoms with Crippen LogP contribution in [0.1, 0.15) is 28.9 Å². The van der Waals surface area contributed by atoms with Crippen LogP contribution in [0.3, 0.4) is 0 Å². The Bertz CT molecular complexity index is 697. The molecule has 1 aliphatic rings. The van der Waals surface area contributed by atoms with Gasteiger partial charge in [-0.25, -0.2) is 4.39 Å². The van der Waals surface area contributed by atoms with Crippen molar-refractivity contribution in [3.63, 3.8) is 0 Å². The van der Waals surface area contributed by atoms with Gasteiger partial charge in [0.2, 0.25) is 0 Å². The molecular formula is C18H19FN2O2. The van der Waals surface area contributed by atoms with Crippen LogP contribution in [0.5, 0.6) is 0 Å². The molecule has 1 saturated heterocycles. The Labute approximate surface area is 134 Å². The van der Waals surface area contributed by atoms with E-state index in [9.17, 15) is 14.4 Å². The van der Waals surface area contributed by atoms with Gasteiger partial charge in [0, 0.05) is 25.2 Å². The molecule has 0 spiro atoms. The van der Waals surface area contributed by atoms with Gasteiger partial charge in [-0.2, -0.15) is 4.73 Å². The van der Waals surface area contributed by atoms with E-state index in [-0.39, 0.29) is 17.4 Å². The van der Waals surface area contributed by atoms with Crippen molar-refractivity contribution in [1.82, 2.24) is 4.90 Å². The molecule has 4 nitrogen and oxygen atoms in total. The number of hydrogen-bond acceptors (Lipinski definition) is 2. The molecule has 1 fully saturated rings. The van der Waals surface area contributed by atoms with Gasteiger partial charge < -0.3 is 10.1 Å². The molecule has 1 aromatic carbocycles. The van der Waals surface area contributed by atoms with E-state index < -0.39 is 0 Å². The molecule has 1 amide bonds. The van der Waals surface area contributed by atoms with E-state index in [2.05, 4.69) is 0 Å². The van der Waals surface area contributed by atoms with Crippen molar-refractivity contribution in [3.8, 4) is 0 Å². The van der Waals surface area contributed by atoms with E-state index in [0.717, 1.165) is 24.8 Å². The smallest absolute Gasteiger partial charge is 0.319 e. The standard InChI is InChI=1S/C18H19FN2O2/c19-16-5-3-4-15(13-16)12-14-7-10-20(11-8-14)18(22)17-6-1-2-9-21(17)23/h1-6,9,13-14H,7-8,10-12H2. The number of piperidine rings is 1. The number of benzene rings is 1. The number of aromatic nitrogens is 1. The van der Waals surface area contributed by atoms with Gasteiger partial charge >= 0.3 is 5.91 Å². The summed E-state index contributed by atoms with van der Waals surface area (Å²) in [6.45, 7) is 1.27. The maximum atomic E-state index is 13.2. The van der Waals surface area contributed by atoms with Crippen molar-refractivity contribution >= 4 is 5.91 Å². The first kappa shape index (κ1) is 15.5. The molecule has 0 radical (unpaired) electrons. The van der Waals surface area contributed by atoms with Crippen molar-refractivity contribution in [2.75, 3.05) is 13.1 Å². The molecule has 3 rings (SSSR count). The lowest BCUT2D eigenvalue weighted by Gasteiger charge is -2.31. The molecule has 0 unspecified atom stereocenters. The molecule has 0 bridgehead atoms. The van der Waals surface area contributed by atoms with Crippen LogP contribution >= 0.6 is 0 Å². The third-order valence-electron chi connectivity index (χ3n) is 4.36. The van der Waals surface area contributed by atoms with Gasteiger partial charge in [0.15, 0.2) is 6.20 Å². The quantitative estimate of drug-likeness (QED) is 0.646. The lowest BCUT2D eigenvalue weighted by atomic mass is 9.90. The van der Waals surface area contributed by atoms with Crippen LogP contribution in [0.2, 0.25) is 0 Å². The number of carbonyl (C=O) groups is 1. The summed E-state index contributed by atoms with van der Waals surface area (Å²) in [5, 5.41) is 11.7. The maximum Gasteiger partial charge on any atom is 0.319 e. The van der Waals surface area contributed by atoms with Gasteiger partial charge in [0.1, 0.15) is 5.82 Å². The van der Waals surface area contributed by atoms with Gasteiger partial charge in [0.25, 0.3) is 5.69 Å². The van der Waals surface area contributed by atoms with Gasteiger partial charge in [-0.05, 0) is 48.9 Å². The number of halogens is 1. The molecule has 0 saturated carbocycles. The number of hydrogen-bond donors (Lipinski definition) is 0. The molecule has 2 aromatic rings. The van der Waals surface area contributed by atoms with E-state index in [1.807, 2.05) is 6.07 Å². The first-order chi connectivity index (χ1) is 11.1. The second kappa shape index (κ2) is 6.77. The fourth-order valence-corrected chi connectivity index (χ4v) is 3.09. The van der Waals surface area contributed by atoms with Crippen molar-refractivity contribution in [3.05, 3.63) is 70.9 Å². The zero-order valence-electron chi connectivity index (χ0n) is 12.8. The van der Waals surface area contributed by atoms with Crippen molar-refractivity contribution < 1.29 is 13.9 Å². The van der Waals surface area contributed by atoms with Crippen LogP contribution in [-0.2, 0) is 6.42 Å². The van der Waals surface area contributed by atoms with E-state index in [4.69, 9.17) is 0 Å². The van der Waals surface area contributed by atoms with Crippen molar-refractivity contribution in [2.45, 2.75) is 19.3 Å². The molecule has 23 heavy (non-hydrogen) atoms. The first-order valence-electron chi connectivity index (χ1n) is 7.85. The highest BCUT2D eigenvalue weighted by Gasteiger charge is 2.27. The minimum absolute atomic E-state index is 0.163. The molecule has 1 aromatic heterocycles. The Morgan fingerprint density at radius 1 is 1.22 bits per heavy atom. The normalized spacial score (nSPS) is 15.6. The maximum absolute atomic E-state index is 13.2. The molecule has 120 valence electrons. The summed E-state index contributed by atoms with van der Waals surface area (Å²) in [6.07, 6.45) is 3.90. The monoisotopic (exact) mass is 314 g/mol. The highest BCUT2D eigenvalue weighted by Crippen LogP contribution is 2.22. The zero-order chi connectivity index (χ0) is 16.2. The predicted octanol–water partition coefficient (Wildman–Crippen LogP) is 2.55. The van der Waals surface area contributed by atoms with E-state index in [1.165, 1.54) is 12.3 Å². The molecule has 2 heterocycles. The summed E-state index contributed by atoms with van der Waals surface area (Å²) < 4.78 is 13.8. The fourth-order valence-electron chi connectivity index (χ4n) is 3.09. The summed E-state index contributed by atoms with van der Waals surface area (Å²) in [5.74, 6) is 0.0139. The highest BCUT2D eigenvalue weighted by molar-refractivity contribution is 5.90. The summed E-state index contributed by atoms with van der Waals surface area (Å²) in [6, 6.07) is 11.5. The van der Waals surface area contributed by atoms with Gasteiger partial charge in [-0.3, -0.25) is 4.79 Å². The predicted molar refractivity (Wildman–Crippen MR) is 84.1 cm³/mol. The molecule has 1 aliphatic heterocycles. The average Bonchev–Trinajstić information content (AvgIpc) is 2.55. The van der Waals surface area contributed by atoms with Crippen molar-refractivity contribution in [2.24, 2.45) is 5.92 Å². The Balaban J connectivity index is 1.58. The van der Waals surface area contributed by atoms with Crippen LogP contribution < -0.4 is 4.73 Å². The Morgan fingerprint density at radius 3 is 2.70 bits per heavy atom. The minimum atomic E-state index is -0.218. The molecule has 0 N–H and O–H groups in total. The second-order valence-corrected chi connectivity index (χ2v) is 5.98. The van der Waals surface area contributed by atoms with Crippen LogP contribution in [-0.4, -0.2) is 23.9 Å².